The number of ether oxygens (including phenoxy) is 1. The van der Waals surface area contributed by atoms with Gasteiger partial charge in [-0.1, -0.05) is 23.5 Å². The highest BCUT2D eigenvalue weighted by atomic mass is 32.1. The highest BCUT2D eigenvalue weighted by molar-refractivity contribution is 7.09. The van der Waals surface area contributed by atoms with Crippen molar-refractivity contribution >= 4 is 22.9 Å². The number of hydrogen-bond acceptors (Lipinski definition) is 6. The summed E-state index contributed by atoms with van der Waals surface area (Å²) in [4.78, 5) is 38.5. The number of rotatable bonds is 7. The summed E-state index contributed by atoms with van der Waals surface area (Å²) in [5.74, 6) is 0.524. The molecule has 2 N–H and O–H groups in total. The maximum absolute atomic E-state index is 12.4. The molecule has 1 aliphatic carbocycles. The molecule has 6 nitrogen and oxygen atoms in total. The second-order valence-corrected chi connectivity index (χ2v) is 8.14. The van der Waals surface area contributed by atoms with Crippen LogP contribution in [-0.4, -0.2) is 28.3 Å². The van der Waals surface area contributed by atoms with Gasteiger partial charge >= 0.3 is 4.87 Å². The Labute approximate surface area is 172 Å². The Balaban J connectivity index is 1.52. The Bertz CT molecular complexity index is 1070. The minimum atomic E-state index is -0.276. The molecule has 0 fully saturated rings. The van der Waals surface area contributed by atoms with Gasteiger partial charge in [0.25, 0.3) is 0 Å². The molecule has 0 amide bonds. The topological polar surface area (TPSA) is 96.5 Å². The van der Waals surface area contributed by atoms with E-state index in [0.29, 0.717) is 58.8 Å². The fourth-order valence-electron chi connectivity index (χ4n) is 3.26. The molecule has 29 heavy (non-hydrogen) atoms. The van der Waals surface area contributed by atoms with Crippen LogP contribution in [0.25, 0.3) is 0 Å². The first-order valence-corrected chi connectivity index (χ1v) is 10.2. The molecule has 2 aromatic rings. The van der Waals surface area contributed by atoms with Crippen molar-refractivity contribution in [1.29, 1.82) is 0 Å². The predicted molar refractivity (Wildman–Crippen MR) is 112 cm³/mol. The van der Waals surface area contributed by atoms with Crippen LogP contribution in [0.1, 0.15) is 44.1 Å². The number of thiazole rings is 1. The SMILES string of the molecule is CC1=C(C)C(=O)C(CCCOc2ccc(Cc3sc(=O)[nH]c3O)cc2)=C(C)C1=O. The zero-order valence-electron chi connectivity index (χ0n) is 16.6. The van der Waals surface area contributed by atoms with Crippen LogP contribution < -0.4 is 9.61 Å². The largest absolute Gasteiger partial charge is 0.494 e. The zero-order chi connectivity index (χ0) is 21.1. The highest BCUT2D eigenvalue weighted by Gasteiger charge is 2.27. The molecule has 3 rings (SSSR count). The van der Waals surface area contributed by atoms with E-state index in [1.165, 1.54) is 0 Å². The van der Waals surface area contributed by atoms with Crippen molar-refractivity contribution in [3.8, 4) is 11.6 Å². The van der Waals surface area contributed by atoms with E-state index in [4.69, 9.17) is 4.74 Å². The van der Waals surface area contributed by atoms with Crippen LogP contribution in [0, 0.1) is 0 Å². The summed E-state index contributed by atoms with van der Waals surface area (Å²) in [7, 11) is 0. The fraction of sp³-hybridized carbons (Fsp3) is 0.318. The second kappa shape index (κ2) is 8.61. The van der Waals surface area contributed by atoms with Gasteiger partial charge in [0, 0.05) is 28.7 Å². The molecule has 1 aromatic carbocycles. The average molecular weight is 413 g/mol. The third-order valence-corrected chi connectivity index (χ3v) is 6.01. The van der Waals surface area contributed by atoms with E-state index in [-0.39, 0.29) is 22.3 Å². The van der Waals surface area contributed by atoms with E-state index in [1.54, 1.807) is 20.8 Å². The second-order valence-electron chi connectivity index (χ2n) is 7.07. The molecule has 0 spiro atoms. The minimum Gasteiger partial charge on any atom is -0.494 e. The number of aromatic hydroxyl groups is 1. The summed E-state index contributed by atoms with van der Waals surface area (Å²) < 4.78 is 5.74. The molecule has 0 unspecified atom stereocenters. The summed E-state index contributed by atoms with van der Waals surface area (Å²) in [6.45, 7) is 5.54. The van der Waals surface area contributed by atoms with Crippen LogP contribution in [0.3, 0.4) is 0 Å². The quantitative estimate of drug-likeness (QED) is 0.533. The number of ketones is 2. The standard InChI is InChI=1S/C22H23NO5S/c1-12-13(2)20(25)17(14(3)19(12)24)5-4-10-28-16-8-6-15(7-9-16)11-18-21(26)23-22(27)29-18/h6-9,26H,4-5,10-11H2,1-3H3,(H,23,27). The van der Waals surface area contributed by atoms with Gasteiger partial charge in [-0.2, -0.15) is 0 Å². The van der Waals surface area contributed by atoms with Gasteiger partial charge in [0.15, 0.2) is 11.6 Å². The molecule has 0 saturated carbocycles. The van der Waals surface area contributed by atoms with Crippen LogP contribution in [0.4, 0.5) is 0 Å². The Hall–Kier alpha value is -2.93. The number of nitrogens with one attached hydrogen (secondary N) is 1. The lowest BCUT2D eigenvalue weighted by Crippen LogP contribution is -2.21. The normalized spacial score (nSPS) is 14.7. The summed E-state index contributed by atoms with van der Waals surface area (Å²) in [5.41, 5.74) is 3.14. The summed E-state index contributed by atoms with van der Waals surface area (Å²) in [6.07, 6.45) is 1.60. The number of allylic oxidation sites excluding steroid dienone is 4. The van der Waals surface area contributed by atoms with Crippen molar-refractivity contribution in [2.45, 2.75) is 40.0 Å². The van der Waals surface area contributed by atoms with Crippen molar-refractivity contribution in [2.24, 2.45) is 0 Å². The molecular weight excluding hydrogens is 390 g/mol. The van der Waals surface area contributed by atoms with Gasteiger partial charge in [0.1, 0.15) is 5.75 Å². The molecule has 0 saturated heterocycles. The Morgan fingerprint density at radius 1 is 0.966 bits per heavy atom. The van der Waals surface area contributed by atoms with E-state index in [1.807, 2.05) is 24.3 Å². The molecule has 7 heteroatoms. The van der Waals surface area contributed by atoms with Crippen molar-refractivity contribution in [3.05, 3.63) is 66.7 Å². The van der Waals surface area contributed by atoms with Crippen molar-refractivity contribution in [1.82, 2.24) is 4.98 Å². The Morgan fingerprint density at radius 3 is 2.24 bits per heavy atom. The first-order chi connectivity index (χ1) is 13.8. The lowest BCUT2D eigenvalue weighted by Gasteiger charge is -2.18. The van der Waals surface area contributed by atoms with E-state index in [9.17, 15) is 19.5 Å². The van der Waals surface area contributed by atoms with Crippen molar-refractivity contribution in [3.63, 3.8) is 0 Å². The van der Waals surface area contributed by atoms with Crippen LogP contribution in [0.15, 0.2) is 51.4 Å². The van der Waals surface area contributed by atoms with Gasteiger partial charge in [-0.3, -0.25) is 19.4 Å². The molecule has 1 aliphatic rings. The van der Waals surface area contributed by atoms with Crippen LogP contribution in [0.2, 0.25) is 0 Å². The Morgan fingerprint density at radius 2 is 1.62 bits per heavy atom. The number of Topliss-reactive ketones (excluding diaryl/α,β-unsaturated/α-hetero) is 2. The first kappa shape index (κ1) is 20.8. The van der Waals surface area contributed by atoms with Crippen molar-refractivity contribution in [2.75, 3.05) is 6.61 Å². The summed E-state index contributed by atoms with van der Waals surface area (Å²) in [5, 5.41) is 9.66. The van der Waals surface area contributed by atoms with E-state index in [0.717, 1.165) is 16.9 Å². The number of carbonyl (C=O) groups excluding carboxylic acids is 2. The monoisotopic (exact) mass is 413 g/mol. The van der Waals surface area contributed by atoms with Gasteiger partial charge in [-0.05, 0) is 51.3 Å². The molecule has 0 radical (unpaired) electrons. The molecule has 1 aromatic heterocycles. The number of carbonyl (C=O) groups is 2. The van der Waals surface area contributed by atoms with E-state index < -0.39 is 0 Å². The predicted octanol–water partition coefficient (Wildman–Crippen LogP) is 3.70. The lowest BCUT2D eigenvalue weighted by atomic mass is 9.84. The smallest absolute Gasteiger partial charge is 0.307 e. The summed E-state index contributed by atoms with van der Waals surface area (Å²) >= 11 is 0.993. The number of aromatic nitrogens is 1. The number of hydrogen-bond donors (Lipinski definition) is 2. The Kier molecular flexibility index (Phi) is 6.17. The highest BCUT2D eigenvalue weighted by Crippen LogP contribution is 2.27. The maximum atomic E-state index is 12.4. The zero-order valence-corrected chi connectivity index (χ0v) is 17.4. The first-order valence-electron chi connectivity index (χ1n) is 9.37. The van der Waals surface area contributed by atoms with Gasteiger partial charge in [-0.25, -0.2) is 0 Å². The average Bonchev–Trinajstić information content (AvgIpc) is 3.02. The number of H-pyrrole nitrogens is 1. The van der Waals surface area contributed by atoms with Crippen LogP contribution in [0.5, 0.6) is 11.6 Å². The van der Waals surface area contributed by atoms with Gasteiger partial charge in [0.05, 0.1) is 11.5 Å². The maximum Gasteiger partial charge on any atom is 0.307 e. The van der Waals surface area contributed by atoms with E-state index in [2.05, 4.69) is 4.98 Å². The van der Waals surface area contributed by atoms with E-state index >= 15 is 0 Å². The number of aromatic amines is 1. The van der Waals surface area contributed by atoms with Crippen LogP contribution >= 0.6 is 11.3 Å². The van der Waals surface area contributed by atoms with Gasteiger partial charge in [-0.15, -0.1) is 0 Å². The molecule has 1 heterocycles. The van der Waals surface area contributed by atoms with Crippen molar-refractivity contribution < 1.29 is 19.4 Å². The van der Waals surface area contributed by atoms with Gasteiger partial charge in [0.2, 0.25) is 5.88 Å². The molecule has 0 bridgehead atoms. The minimum absolute atomic E-state index is 0.0423. The summed E-state index contributed by atoms with van der Waals surface area (Å²) in [6, 6.07) is 7.42. The molecular formula is C22H23NO5S. The van der Waals surface area contributed by atoms with Gasteiger partial charge < -0.3 is 9.84 Å². The molecule has 152 valence electrons. The number of benzene rings is 1. The lowest BCUT2D eigenvalue weighted by molar-refractivity contribution is -0.116. The molecule has 0 atom stereocenters. The van der Waals surface area contributed by atoms with Crippen LogP contribution in [-0.2, 0) is 16.0 Å². The third-order valence-electron chi connectivity index (χ3n) is 5.14. The fourth-order valence-corrected chi connectivity index (χ4v) is 4.01. The third kappa shape index (κ3) is 4.56. The molecule has 0 aliphatic heterocycles.